The second kappa shape index (κ2) is 7.86. The molecular formula is C19H26F3NO3. The van der Waals surface area contributed by atoms with Crippen molar-refractivity contribution in [3.8, 4) is 0 Å². The number of aliphatic hydroxyl groups is 1. The Labute approximate surface area is 151 Å². The van der Waals surface area contributed by atoms with Crippen molar-refractivity contribution in [2.45, 2.75) is 57.7 Å². The summed E-state index contributed by atoms with van der Waals surface area (Å²) in [4.78, 5) is 13.5. The van der Waals surface area contributed by atoms with Gasteiger partial charge in [0.2, 0.25) is 0 Å². The van der Waals surface area contributed by atoms with Crippen LogP contribution in [0.4, 0.5) is 18.0 Å². The highest BCUT2D eigenvalue weighted by atomic mass is 19.3. The number of amides is 1. The molecule has 146 valence electrons. The molecule has 1 fully saturated rings. The first kappa shape index (κ1) is 20.6. The molecule has 2 rings (SSSR count). The van der Waals surface area contributed by atoms with E-state index in [1.165, 1.54) is 17.0 Å². The van der Waals surface area contributed by atoms with E-state index in [4.69, 9.17) is 4.74 Å². The van der Waals surface area contributed by atoms with Gasteiger partial charge in [0, 0.05) is 19.5 Å². The van der Waals surface area contributed by atoms with Crippen LogP contribution in [0.25, 0.3) is 0 Å². The van der Waals surface area contributed by atoms with Gasteiger partial charge in [-0.3, -0.25) is 0 Å². The maximum absolute atomic E-state index is 14.4. The van der Waals surface area contributed by atoms with Crippen molar-refractivity contribution >= 4 is 6.09 Å². The van der Waals surface area contributed by atoms with E-state index in [9.17, 15) is 23.1 Å². The van der Waals surface area contributed by atoms with Crippen LogP contribution in [-0.2, 0) is 4.74 Å². The molecule has 1 aliphatic rings. The molecule has 1 aromatic rings. The minimum absolute atomic E-state index is 0.0115. The predicted octanol–water partition coefficient (Wildman–Crippen LogP) is 4.53. The van der Waals surface area contributed by atoms with Crippen LogP contribution in [0.15, 0.2) is 24.3 Å². The third-order valence-corrected chi connectivity index (χ3v) is 4.41. The average Bonchev–Trinajstić information content (AvgIpc) is 2.53. The fourth-order valence-electron chi connectivity index (χ4n) is 3.03. The summed E-state index contributed by atoms with van der Waals surface area (Å²) in [6.45, 7) is 6.02. The van der Waals surface area contributed by atoms with E-state index in [-0.39, 0.29) is 11.5 Å². The molecule has 26 heavy (non-hydrogen) atoms. The molecule has 1 atom stereocenters. The van der Waals surface area contributed by atoms with Crippen molar-refractivity contribution in [1.29, 1.82) is 0 Å². The summed E-state index contributed by atoms with van der Waals surface area (Å²) < 4.78 is 47.0. The molecule has 1 aliphatic heterocycles. The van der Waals surface area contributed by atoms with Gasteiger partial charge in [-0.2, -0.15) is 0 Å². The number of likely N-dealkylation sites (tertiary alicyclic amines) is 1. The smallest absolute Gasteiger partial charge is 0.410 e. The quantitative estimate of drug-likeness (QED) is 0.843. The molecule has 0 bridgehead atoms. The van der Waals surface area contributed by atoms with Crippen LogP contribution in [-0.4, -0.2) is 40.7 Å². The molecule has 1 unspecified atom stereocenters. The number of hydrogen-bond acceptors (Lipinski definition) is 3. The SMILES string of the molecule is CC(C)(C)OC(=O)N1CCC(CC(F)(F)C(O)c2ccc(F)cc2)CC1. The summed E-state index contributed by atoms with van der Waals surface area (Å²) >= 11 is 0. The van der Waals surface area contributed by atoms with Gasteiger partial charge in [0.1, 0.15) is 17.5 Å². The fourth-order valence-corrected chi connectivity index (χ4v) is 3.03. The molecule has 0 saturated carbocycles. The monoisotopic (exact) mass is 373 g/mol. The summed E-state index contributed by atoms with van der Waals surface area (Å²) in [7, 11) is 0. The standard InChI is InChI=1S/C19H26F3NO3/c1-18(2,3)26-17(25)23-10-8-13(9-11-23)12-19(21,22)16(24)14-4-6-15(20)7-5-14/h4-7,13,16,24H,8-12H2,1-3H3. The Balaban J connectivity index is 1.89. The summed E-state index contributed by atoms with van der Waals surface area (Å²) in [5, 5.41) is 9.98. The Bertz CT molecular complexity index is 605. The van der Waals surface area contributed by atoms with Gasteiger partial charge in [0.15, 0.2) is 0 Å². The van der Waals surface area contributed by atoms with Crippen LogP contribution in [0.5, 0.6) is 0 Å². The van der Waals surface area contributed by atoms with Gasteiger partial charge < -0.3 is 14.7 Å². The lowest BCUT2D eigenvalue weighted by Gasteiger charge is -2.35. The molecule has 1 heterocycles. The van der Waals surface area contributed by atoms with E-state index in [2.05, 4.69) is 0 Å². The Morgan fingerprint density at radius 1 is 1.23 bits per heavy atom. The van der Waals surface area contributed by atoms with E-state index < -0.39 is 36.0 Å². The molecule has 1 aromatic carbocycles. The van der Waals surface area contributed by atoms with Gasteiger partial charge in [-0.25, -0.2) is 18.0 Å². The summed E-state index contributed by atoms with van der Waals surface area (Å²) in [6, 6.07) is 4.43. The first-order valence-corrected chi connectivity index (χ1v) is 8.77. The zero-order chi connectivity index (χ0) is 19.5. The molecule has 0 aliphatic carbocycles. The molecule has 1 saturated heterocycles. The first-order valence-electron chi connectivity index (χ1n) is 8.77. The number of hydrogen-bond donors (Lipinski definition) is 1. The Morgan fingerprint density at radius 3 is 2.27 bits per heavy atom. The van der Waals surface area contributed by atoms with Gasteiger partial charge >= 0.3 is 6.09 Å². The minimum Gasteiger partial charge on any atom is -0.444 e. The summed E-state index contributed by atoms with van der Waals surface area (Å²) in [5.41, 5.74) is -0.608. The topological polar surface area (TPSA) is 49.8 Å². The number of nitrogens with zero attached hydrogens (tertiary/aromatic N) is 1. The number of halogens is 3. The number of aliphatic hydroxyl groups excluding tert-OH is 1. The molecule has 0 radical (unpaired) electrons. The first-order chi connectivity index (χ1) is 12.0. The maximum atomic E-state index is 14.4. The van der Waals surface area contributed by atoms with E-state index in [0.717, 1.165) is 12.1 Å². The average molecular weight is 373 g/mol. The molecule has 0 spiro atoms. The largest absolute Gasteiger partial charge is 0.444 e. The van der Waals surface area contributed by atoms with Crippen molar-refractivity contribution in [3.05, 3.63) is 35.6 Å². The third-order valence-electron chi connectivity index (χ3n) is 4.41. The van der Waals surface area contributed by atoms with E-state index in [1.807, 2.05) is 0 Å². The summed E-state index contributed by atoms with van der Waals surface area (Å²) in [5.74, 6) is -4.17. The molecule has 7 heteroatoms. The van der Waals surface area contributed by atoms with Gasteiger partial charge in [-0.05, 0) is 57.2 Å². The highest BCUT2D eigenvalue weighted by Gasteiger charge is 2.42. The lowest BCUT2D eigenvalue weighted by atomic mass is 9.87. The van der Waals surface area contributed by atoms with Crippen LogP contribution in [0.2, 0.25) is 0 Å². The zero-order valence-electron chi connectivity index (χ0n) is 15.3. The van der Waals surface area contributed by atoms with Crippen LogP contribution >= 0.6 is 0 Å². The number of ether oxygens (including phenoxy) is 1. The minimum atomic E-state index is -3.32. The fraction of sp³-hybridized carbons (Fsp3) is 0.632. The molecule has 0 aromatic heterocycles. The van der Waals surface area contributed by atoms with Crippen molar-refractivity contribution in [2.75, 3.05) is 13.1 Å². The molecular weight excluding hydrogens is 347 g/mol. The predicted molar refractivity (Wildman–Crippen MR) is 91.5 cm³/mol. The molecule has 4 nitrogen and oxygen atoms in total. The van der Waals surface area contributed by atoms with Crippen LogP contribution in [0.1, 0.15) is 51.7 Å². The van der Waals surface area contributed by atoms with Gasteiger partial charge in [-0.15, -0.1) is 0 Å². The Morgan fingerprint density at radius 2 is 1.77 bits per heavy atom. The number of carbonyl (C=O) groups excluding carboxylic acids is 1. The van der Waals surface area contributed by atoms with Gasteiger partial charge in [0.25, 0.3) is 5.92 Å². The molecule has 1 amide bonds. The van der Waals surface area contributed by atoms with Crippen molar-refractivity contribution in [2.24, 2.45) is 5.92 Å². The second-order valence-electron chi connectivity index (χ2n) is 7.83. The van der Waals surface area contributed by atoms with E-state index in [1.54, 1.807) is 20.8 Å². The van der Waals surface area contributed by atoms with Gasteiger partial charge in [-0.1, -0.05) is 12.1 Å². The number of carbonyl (C=O) groups is 1. The van der Waals surface area contributed by atoms with E-state index >= 15 is 0 Å². The Kier molecular flexibility index (Phi) is 6.21. The van der Waals surface area contributed by atoms with Crippen LogP contribution in [0.3, 0.4) is 0 Å². The van der Waals surface area contributed by atoms with Crippen molar-refractivity contribution < 1.29 is 27.8 Å². The summed E-state index contributed by atoms with van der Waals surface area (Å²) in [6.07, 6.45) is -2.05. The third kappa shape index (κ3) is 5.62. The Hall–Kier alpha value is -1.76. The second-order valence-corrected chi connectivity index (χ2v) is 7.83. The van der Waals surface area contributed by atoms with Crippen LogP contribution < -0.4 is 0 Å². The van der Waals surface area contributed by atoms with Crippen molar-refractivity contribution in [1.82, 2.24) is 4.90 Å². The highest BCUT2D eigenvalue weighted by molar-refractivity contribution is 5.68. The highest BCUT2D eigenvalue weighted by Crippen LogP contribution is 2.39. The van der Waals surface area contributed by atoms with Gasteiger partial charge in [0.05, 0.1) is 0 Å². The number of piperidine rings is 1. The number of rotatable bonds is 4. The zero-order valence-corrected chi connectivity index (χ0v) is 15.3. The normalized spacial score (nSPS) is 17.9. The lowest BCUT2D eigenvalue weighted by molar-refractivity contribution is -0.127. The van der Waals surface area contributed by atoms with E-state index in [0.29, 0.717) is 25.9 Å². The number of alkyl halides is 2. The molecule has 1 N–H and O–H groups in total. The van der Waals surface area contributed by atoms with Crippen molar-refractivity contribution in [3.63, 3.8) is 0 Å². The van der Waals surface area contributed by atoms with Crippen LogP contribution in [0, 0.1) is 11.7 Å². The maximum Gasteiger partial charge on any atom is 0.410 e. The number of benzene rings is 1. The lowest BCUT2D eigenvalue weighted by Crippen LogP contribution is -2.43.